The van der Waals surface area contributed by atoms with Crippen LogP contribution in [-0.4, -0.2) is 86.3 Å². The fraction of sp³-hybridized carbons (Fsp3) is 0.667. The summed E-state index contributed by atoms with van der Waals surface area (Å²) in [7, 11) is -1.66. The van der Waals surface area contributed by atoms with Crippen LogP contribution in [0.3, 0.4) is 0 Å². The van der Waals surface area contributed by atoms with Gasteiger partial charge in [-0.05, 0) is 32.9 Å². The van der Waals surface area contributed by atoms with Crippen molar-refractivity contribution in [3.8, 4) is 0 Å². The number of hydrogen-bond acceptors (Lipinski definition) is 7. The molecule has 28 heavy (non-hydrogen) atoms. The summed E-state index contributed by atoms with van der Waals surface area (Å²) in [5.41, 5.74) is 0.217. The van der Waals surface area contributed by atoms with Gasteiger partial charge in [0.15, 0.2) is 0 Å². The van der Waals surface area contributed by atoms with E-state index in [0.29, 0.717) is 18.8 Å². The highest BCUT2D eigenvalue weighted by Crippen LogP contribution is 2.31. The van der Waals surface area contributed by atoms with Crippen LogP contribution >= 0.6 is 0 Å². The van der Waals surface area contributed by atoms with Gasteiger partial charge < -0.3 is 10.2 Å². The van der Waals surface area contributed by atoms with Gasteiger partial charge in [0, 0.05) is 64.0 Å². The third-order valence-corrected chi connectivity index (χ3v) is 7.33. The SMILES string of the molecule is CC(CN1CCN(C)CC1)Nc1ccc([N+](=O)[O-])cc1S(=O)(=O)N1CCCC1. The van der Waals surface area contributed by atoms with Crippen LogP contribution in [0.15, 0.2) is 23.1 Å². The summed E-state index contributed by atoms with van der Waals surface area (Å²) in [5.74, 6) is 0. The van der Waals surface area contributed by atoms with E-state index in [1.165, 1.54) is 22.5 Å². The highest BCUT2D eigenvalue weighted by Gasteiger charge is 2.31. The Kier molecular flexibility index (Phi) is 6.54. The highest BCUT2D eigenvalue weighted by atomic mass is 32.2. The number of benzene rings is 1. The number of non-ortho nitro benzene ring substituents is 1. The van der Waals surface area contributed by atoms with Crippen LogP contribution < -0.4 is 5.32 Å². The van der Waals surface area contributed by atoms with E-state index in [1.807, 2.05) is 6.92 Å². The first-order valence-electron chi connectivity index (χ1n) is 9.73. The van der Waals surface area contributed by atoms with Crippen molar-refractivity contribution in [3.63, 3.8) is 0 Å². The Balaban J connectivity index is 1.80. The molecule has 156 valence electrons. The zero-order valence-electron chi connectivity index (χ0n) is 16.5. The van der Waals surface area contributed by atoms with Gasteiger partial charge in [0.25, 0.3) is 5.69 Å². The molecule has 2 heterocycles. The van der Waals surface area contributed by atoms with Crippen molar-refractivity contribution < 1.29 is 13.3 Å². The number of likely N-dealkylation sites (N-methyl/N-ethyl adjacent to an activating group) is 1. The summed E-state index contributed by atoms with van der Waals surface area (Å²) in [5, 5.41) is 14.5. The van der Waals surface area contributed by atoms with Crippen LogP contribution in [0, 0.1) is 10.1 Å². The van der Waals surface area contributed by atoms with Gasteiger partial charge in [-0.2, -0.15) is 4.31 Å². The number of piperazine rings is 1. The molecule has 0 amide bonds. The van der Waals surface area contributed by atoms with Crippen molar-refractivity contribution in [2.75, 3.05) is 58.2 Å². The Morgan fingerprint density at radius 3 is 2.39 bits per heavy atom. The lowest BCUT2D eigenvalue weighted by Gasteiger charge is -2.34. The number of nitro groups is 1. The summed E-state index contributed by atoms with van der Waals surface area (Å²) in [6.07, 6.45) is 1.63. The molecule has 1 atom stereocenters. The van der Waals surface area contributed by atoms with Gasteiger partial charge in [0.1, 0.15) is 4.90 Å². The lowest BCUT2D eigenvalue weighted by Crippen LogP contribution is -2.47. The second-order valence-electron chi connectivity index (χ2n) is 7.70. The van der Waals surface area contributed by atoms with Gasteiger partial charge in [0.2, 0.25) is 10.0 Å². The quantitative estimate of drug-likeness (QED) is 0.535. The molecule has 0 aromatic heterocycles. The van der Waals surface area contributed by atoms with Crippen LogP contribution in [0.5, 0.6) is 0 Å². The van der Waals surface area contributed by atoms with Gasteiger partial charge in [0.05, 0.1) is 10.6 Å². The zero-order chi connectivity index (χ0) is 20.3. The number of sulfonamides is 1. The molecule has 3 rings (SSSR count). The molecule has 1 unspecified atom stereocenters. The summed E-state index contributed by atoms with van der Waals surface area (Å²) < 4.78 is 27.6. The molecule has 10 heteroatoms. The predicted molar refractivity (Wildman–Crippen MR) is 108 cm³/mol. The Bertz CT molecular complexity index is 802. The number of nitrogens with one attached hydrogen (secondary N) is 1. The van der Waals surface area contributed by atoms with E-state index in [1.54, 1.807) is 0 Å². The Morgan fingerprint density at radius 2 is 1.79 bits per heavy atom. The van der Waals surface area contributed by atoms with Crippen molar-refractivity contribution in [2.45, 2.75) is 30.7 Å². The maximum absolute atomic E-state index is 13.1. The molecule has 2 aliphatic rings. The molecule has 0 radical (unpaired) electrons. The minimum atomic E-state index is -3.77. The summed E-state index contributed by atoms with van der Waals surface area (Å²) in [6, 6.07) is 4.06. The van der Waals surface area contributed by atoms with Crippen LogP contribution in [0.2, 0.25) is 0 Å². The molecule has 1 N–H and O–H groups in total. The molecule has 2 saturated heterocycles. The molecule has 2 fully saturated rings. The standard InChI is InChI=1S/C18H29N5O4S/c1-15(14-21-11-9-20(2)10-12-21)19-17-6-5-16(23(24)25)13-18(17)28(26,27)22-7-3-4-8-22/h5-6,13,15,19H,3-4,7-12,14H2,1-2H3. The average Bonchev–Trinajstić information content (AvgIpc) is 3.19. The molecule has 1 aromatic rings. The second kappa shape index (κ2) is 8.73. The van der Waals surface area contributed by atoms with Crippen LogP contribution in [-0.2, 0) is 10.0 Å². The van der Waals surface area contributed by atoms with Gasteiger partial charge >= 0.3 is 0 Å². The van der Waals surface area contributed by atoms with Crippen molar-refractivity contribution in [3.05, 3.63) is 28.3 Å². The van der Waals surface area contributed by atoms with Crippen molar-refractivity contribution >= 4 is 21.4 Å². The molecule has 0 saturated carbocycles. The number of rotatable bonds is 7. The molecule has 9 nitrogen and oxygen atoms in total. The third kappa shape index (κ3) is 4.80. The minimum absolute atomic E-state index is 0.00572. The van der Waals surface area contributed by atoms with Gasteiger partial charge in [-0.1, -0.05) is 0 Å². The maximum Gasteiger partial charge on any atom is 0.270 e. The fourth-order valence-corrected chi connectivity index (χ4v) is 5.45. The molecule has 1 aromatic carbocycles. The number of hydrogen-bond donors (Lipinski definition) is 1. The summed E-state index contributed by atoms with van der Waals surface area (Å²) >= 11 is 0. The predicted octanol–water partition coefficient (Wildman–Crippen LogP) is 1.43. The smallest absolute Gasteiger partial charge is 0.270 e. The van der Waals surface area contributed by atoms with E-state index in [0.717, 1.165) is 45.6 Å². The maximum atomic E-state index is 13.1. The number of nitrogens with zero attached hydrogens (tertiary/aromatic N) is 4. The average molecular weight is 412 g/mol. The number of anilines is 1. The topological polar surface area (TPSA) is 99.0 Å². The Labute approximate surface area is 166 Å². The minimum Gasteiger partial charge on any atom is -0.380 e. The van der Waals surface area contributed by atoms with Crippen molar-refractivity contribution in [1.82, 2.24) is 14.1 Å². The van der Waals surface area contributed by atoms with E-state index < -0.39 is 14.9 Å². The summed E-state index contributed by atoms with van der Waals surface area (Å²) in [6.45, 7) is 7.68. The Morgan fingerprint density at radius 1 is 1.14 bits per heavy atom. The highest BCUT2D eigenvalue weighted by molar-refractivity contribution is 7.89. The van der Waals surface area contributed by atoms with Gasteiger partial charge in [-0.15, -0.1) is 0 Å². The normalized spacial score (nSPS) is 20.9. The molecular formula is C18H29N5O4S. The first kappa shape index (κ1) is 21.0. The molecule has 0 bridgehead atoms. The monoisotopic (exact) mass is 411 g/mol. The molecule has 0 spiro atoms. The van der Waals surface area contributed by atoms with Crippen LogP contribution in [0.25, 0.3) is 0 Å². The first-order valence-corrected chi connectivity index (χ1v) is 11.2. The van der Waals surface area contributed by atoms with Crippen LogP contribution in [0.1, 0.15) is 19.8 Å². The number of nitro benzene ring substituents is 1. The van der Waals surface area contributed by atoms with Crippen LogP contribution in [0.4, 0.5) is 11.4 Å². The van der Waals surface area contributed by atoms with E-state index in [4.69, 9.17) is 0 Å². The van der Waals surface area contributed by atoms with Gasteiger partial charge in [-0.25, -0.2) is 8.42 Å². The fourth-order valence-electron chi connectivity index (χ4n) is 3.75. The Hall–Kier alpha value is -1.75. The van der Waals surface area contributed by atoms with Gasteiger partial charge in [-0.3, -0.25) is 15.0 Å². The van der Waals surface area contributed by atoms with Crippen molar-refractivity contribution in [1.29, 1.82) is 0 Å². The van der Waals surface area contributed by atoms with E-state index >= 15 is 0 Å². The molecular weight excluding hydrogens is 382 g/mol. The summed E-state index contributed by atoms with van der Waals surface area (Å²) in [4.78, 5) is 15.3. The first-order chi connectivity index (χ1) is 13.3. The lowest BCUT2D eigenvalue weighted by atomic mass is 10.2. The lowest BCUT2D eigenvalue weighted by molar-refractivity contribution is -0.385. The molecule has 2 aliphatic heterocycles. The van der Waals surface area contributed by atoms with E-state index in [9.17, 15) is 18.5 Å². The van der Waals surface area contributed by atoms with E-state index in [2.05, 4.69) is 22.2 Å². The molecule has 0 aliphatic carbocycles. The van der Waals surface area contributed by atoms with Crippen molar-refractivity contribution in [2.24, 2.45) is 0 Å². The zero-order valence-corrected chi connectivity index (χ0v) is 17.3. The van der Waals surface area contributed by atoms with E-state index in [-0.39, 0.29) is 16.6 Å². The third-order valence-electron chi connectivity index (χ3n) is 5.39. The largest absolute Gasteiger partial charge is 0.380 e. The second-order valence-corrected chi connectivity index (χ2v) is 9.60.